The van der Waals surface area contributed by atoms with Crippen LogP contribution in [-0.4, -0.2) is 20.9 Å². The zero-order chi connectivity index (χ0) is 16.9. The lowest BCUT2D eigenvalue weighted by molar-refractivity contribution is 0.0949. The van der Waals surface area contributed by atoms with Crippen LogP contribution in [0.4, 0.5) is 5.69 Å². The highest BCUT2D eigenvalue weighted by molar-refractivity contribution is 7.92. The van der Waals surface area contributed by atoms with Gasteiger partial charge in [-0.05, 0) is 42.3 Å². The van der Waals surface area contributed by atoms with E-state index in [2.05, 4.69) is 10.0 Å². The highest BCUT2D eigenvalue weighted by atomic mass is 32.2. The van der Waals surface area contributed by atoms with Crippen molar-refractivity contribution in [3.8, 4) is 0 Å². The summed E-state index contributed by atoms with van der Waals surface area (Å²) in [7, 11) is -3.62. The maximum Gasteiger partial charge on any atom is 0.261 e. The molecule has 6 heteroatoms. The van der Waals surface area contributed by atoms with Crippen molar-refractivity contribution in [2.24, 2.45) is 5.92 Å². The van der Waals surface area contributed by atoms with Crippen molar-refractivity contribution in [2.45, 2.75) is 18.7 Å². The van der Waals surface area contributed by atoms with Crippen molar-refractivity contribution in [3.63, 3.8) is 0 Å². The summed E-state index contributed by atoms with van der Waals surface area (Å²) in [4.78, 5) is 12.1. The number of carbonyl (C=O) groups excluding carboxylic acids is 1. The molecule has 23 heavy (non-hydrogen) atoms. The normalized spacial score (nSPS) is 11.3. The standard InChI is InChI=1S/C17H20N2O3S/c1-13(2)12-18-17(20)14-8-10-15(11-9-14)19-23(21,22)16-6-4-3-5-7-16/h3-11,13,19H,12H2,1-2H3,(H,18,20). The summed E-state index contributed by atoms with van der Waals surface area (Å²) in [6, 6.07) is 14.5. The summed E-state index contributed by atoms with van der Waals surface area (Å²) in [5.41, 5.74) is 0.905. The largest absolute Gasteiger partial charge is 0.352 e. The van der Waals surface area contributed by atoms with Crippen LogP contribution >= 0.6 is 0 Å². The van der Waals surface area contributed by atoms with Gasteiger partial charge in [-0.3, -0.25) is 9.52 Å². The third-order valence-corrected chi connectivity index (χ3v) is 4.52. The minimum absolute atomic E-state index is 0.170. The molecule has 0 saturated heterocycles. The van der Waals surface area contributed by atoms with Crippen LogP contribution in [0.1, 0.15) is 24.2 Å². The molecule has 0 saturated carbocycles. The Morgan fingerprint density at radius 1 is 1.00 bits per heavy atom. The number of amides is 1. The Bertz CT molecular complexity index is 754. The number of sulfonamides is 1. The lowest BCUT2D eigenvalue weighted by Gasteiger charge is -2.10. The van der Waals surface area contributed by atoms with Crippen molar-refractivity contribution in [1.29, 1.82) is 0 Å². The summed E-state index contributed by atoms with van der Waals surface area (Å²) >= 11 is 0. The fourth-order valence-electron chi connectivity index (χ4n) is 1.90. The van der Waals surface area contributed by atoms with Gasteiger partial charge >= 0.3 is 0 Å². The Morgan fingerprint density at radius 3 is 2.17 bits per heavy atom. The van der Waals surface area contributed by atoms with Gasteiger partial charge in [-0.2, -0.15) is 0 Å². The van der Waals surface area contributed by atoms with Crippen LogP contribution in [0.25, 0.3) is 0 Å². The maximum atomic E-state index is 12.2. The first kappa shape index (κ1) is 17.0. The molecule has 0 heterocycles. The van der Waals surface area contributed by atoms with E-state index in [4.69, 9.17) is 0 Å². The van der Waals surface area contributed by atoms with E-state index >= 15 is 0 Å². The summed E-state index contributed by atoms with van der Waals surface area (Å²) in [5, 5.41) is 2.81. The van der Waals surface area contributed by atoms with Crippen LogP contribution in [0.3, 0.4) is 0 Å². The molecule has 0 spiro atoms. The van der Waals surface area contributed by atoms with Crippen LogP contribution in [0.5, 0.6) is 0 Å². The number of carbonyl (C=O) groups is 1. The van der Waals surface area contributed by atoms with E-state index < -0.39 is 10.0 Å². The Kier molecular flexibility index (Phi) is 5.39. The Labute approximate surface area is 136 Å². The molecule has 0 unspecified atom stereocenters. The van der Waals surface area contributed by atoms with Gasteiger partial charge < -0.3 is 5.32 Å². The van der Waals surface area contributed by atoms with Gasteiger partial charge in [0.15, 0.2) is 0 Å². The molecule has 0 aliphatic rings. The topological polar surface area (TPSA) is 75.3 Å². The van der Waals surface area contributed by atoms with Gasteiger partial charge in [0, 0.05) is 17.8 Å². The molecule has 2 rings (SSSR count). The fourth-order valence-corrected chi connectivity index (χ4v) is 2.98. The lowest BCUT2D eigenvalue weighted by Crippen LogP contribution is -2.27. The number of hydrogen-bond acceptors (Lipinski definition) is 3. The van der Waals surface area contributed by atoms with Crippen molar-refractivity contribution in [3.05, 3.63) is 60.2 Å². The minimum Gasteiger partial charge on any atom is -0.352 e. The van der Waals surface area contributed by atoms with E-state index in [1.165, 1.54) is 12.1 Å². The number of hydrogen-bond donors (Lipinski definition) is 2. The van der Waals surface area contributed by atoms with Gasteiger partial charge in [0.05, 0.1) is 4.90 Å². The van der Waals surface area contributed by atoms with Crippen molar-refractivity contribution < 1.29 is 13.2 Å². The van der Waals surface area contributed by atoms with E-state index in [-0.39, 0.29) is 10.8 Å². The van der Waals surface area contributed by atoms with Gasteiger partial charge in [-0.1, -0.05) is 32.0 Å². The quantitative estimate of drug-likeness (QED) is 0.854. The monoisotopic (exact) mass is 332 g/mol. The first-order valence-electron chi connectivity index (χ1n) is 7.34. The number of nitrogens with one attached hydrogen (secondary N) is 2. The molecule has 0 aromatic heterocycles. The minimum atomic E-state index is -3.62. The fraction of sp³-hybridized carbons (Fsp3) is 0.235. The molecule has 5 nitrogen and oxygen atoms in total. The third kappa shape index (κ3) is 4.82. The maximum absolute atomic E-state index is 12.2. The molecule has 2 N–H and O–H groups in total. The van der Waals surface area contributed by atoms with Crippen LogP contribution in [0.2, 0.25) is 0 Å². The van der Waals surface area contributed by atoms with E-state index in [0.29, 0.717) is 23.7 Å². The molecule has 2 aromatic carbocycles. The summed E-state index contributed by atoms with van der Waals surface area (Å²) < 4.78 is 26.9. The highest BCUT2D eigenvalue weighted by Crippen LogP contribution is 2.16. The van der Waals surface area contributed by atoms with Crippen molar-refractivity contribution >= 4 is 21.6 Å². The van der Waals surface area contributed by atoms with Gasteiger partial charge in [0.2, 0.25) is 0 Å². The van der Waals surface area contributed by atoms with Gasteiger partial charge in [-0.25, -0.2) is 8.42 Å². The molecule has 1 amide bonds. The predicted molar refractivity (Wildman–Crippen MR) is 90.9 cm³/mol. The SMILES string of the molecule is CC(C)CNC(=O)c1ccc(NS(=O)(=O)c2ccccc2)cc1. The molecule has 122 valence electrons. The van der Waals surface area contributed by atoms with E-state index in [0.717, 1.165) is 0 Å². The molecule has 2 aromatic rings. The molecule has 0 atom stereocenters. The zero-order valence-electron chi connectivity index (χ0n) is 13.1. The summed E-state index contributed by atoms with van der Waals surface area (Å²) in [6.07, 6.45) is 0. The smallest absolute Gasteiger partial charge is 0.261 e. The van der Waals surface area contributed by atoms with Crippen LogP contribution < -0.4 is 10.0 Å². The molecular formula is C17H20N2O3S. The van der Waals surface area contributed by atoms with Crippen LogP contribution in [-0.2, 0) is 10.0 Å². The average Bonchev–Trinajstić information content (AvgIpc) is 2.54. The van der Waals surface area contributed by atoms with Gasteiger partial charge in [-0.15, -0.1) is 0 Å². The molecule has 0 aliphatic carbocycles. The summed E-state index contributed by atoms with van der Waals surface area (Å²) in [5.74, 6) is 0.201. The second-order valence-electron chi connectivity index (χ2n) is 5.60. The number of rotatable bonds is 6. The number of benzene rings is 2. The molecule has 0 aliphatic heterocycles. The van der Waals surface area contributed by atoms with Gasteiger partial charge in [0.25, 0.3) is 15.9 Å². The van der Waals surface area contributed by atoms with Crippen LogP contribution in [0.15, 0.2) is 59.5 Å². The first-order chi connectivity index (χ1) is 10.9. The second-order valence-corrected chi connectivity index (χ2v) is 7.28. The molecule has 0 bridgehead atoms. The van der Waals surface area contributed by atoms with E-state index in [9.17, 15) is 13.2 Å². The Hall–Kier alpha value is -2.34. The van der Waals surface area contributed by atoms with Crippen molar-refractivity contribution in [2.75, 3.05) is 11.3 Å². The first-order valence-corrected chi connectivity index (χ1v) is 8.83. The third-order valence-electron chi connectivity index (χ3n) is 3.12. The van der Waals surface area contributed by atoms with Gasteiger partial charge in [0.1, 0.15) is 0 Å². The van der Waals surface area contributed by atoms with Crippen LogP contribution in [0, 0.1) is 5.92 Å². The van der Waals surface area contributed by atoms with Crippen molar-refractivity contribution in [1.82, 2.24) is 5.32 Å². The second kappa shape index (κ2) is 7.28. The molecule has 0 radical (unpaired) electrons. The molecule has 0 fully saturated rings. The highest BCUT2D eigenvalue weighted by Gasteiger charge is 2.13. The summed E-state index contributed by atoms with van der Waals surface area (Å²) in [6.45, 7) is 4.63. The zero-order valence-corrected chi connectivity index (χ0v) is 13.9. The Morgan fingerprint density at radius 2 is 1.61 bits per heavy atom. The van der Waals surface area contributed by atoms with E-state index in [1.54, 1.807) is 42.5 Å². The average molecular weight is 332 g/mol. The predicted octanol–water partition coefficient (Wildman–Crippen LogP) is 2.87. The van der Waals surface area contributed by atoms with E-state index in [1.807, 2.05) is 13.8 Å². The number of anilines is 1. The lowest BCUT2D eigenvalue weighted by atomic mass is 10.2. The Balaban J connectivity index is 2.07. The molecular weight excluding hydrogens is 312 g/mol.